The molecule has 104 valence electrons. The van der Waals surface area contributed by atoms with Crippen molar-refractivity contribution in [1.29, 1.82) is 0 Å². The molecule has 2 heterocycles. The van der Waals surface area contributed by atoms with Crippen LogP contribution in [0, 0.1) is 6.92 Å². The van der Waals surface area contributed by atoms with E-state index in [1.54, 1.807) is 11.3 Å². The van der Waals surface area contributed by atoms with Crippen molar-refractivity contribution in [2.75, 3.05) is 18.6 Å². The number of aromatic nitrogens is 2. The fourth-order valence-corrected chi connectivity index (χ4v) is 3.39. The van der Waals surface area contributed by atoms with Gasteiger partial charge in [0, 0.05) is 24.1 Å². The van der Waals surface area contributed by atoms with Crippen LogP contribution in [-0.4, -0.2) is 28.7 Å². The number of aryl methyl sites for hydroxylation is 3. The van der Waals surface area contributed by atoms with Crippen molar-refractivity contribution in [1.82, 2.24) is 4.98 Å². The van der Waals surface area contributed by atoms with E-state index in [0.717, 1.165) is 20.1 Å². The Morgan fingerprint density at radius 1 is 1.21 bits per heavy atom. The first kappa shape index (κ1) is 16.1. The Balaban J connectivity index is 0.000000861. The minimum absolute atomic E-state index is 1.00. The molecule has 0 aliphatic rings. The Bertz CT molecular complexity index is 446. The third kappa shape index (κ3) is 6.18. The Morgan fingerprint density at radius 2 is 1.95 bits per heavy atom. The molecule has 5 heteroatoms. The first-order valence-corrected chi connectivity index (χ1v) is 8.25. The molecule has 0 amide bonds. The zero-order chi connectivity index (χ0) is 13.9. The molecule has 0 radical (unpaired) electrons. The smallest absolute Gasteiger partial charge is 0.168 e. The van der Waals surface area contributed by atoms with Gasteiger partial charge in [-0.25, -0.2) is 9.55 Å². The molecule has 0 unspecified atom stereocenters. The lowest BCUT2D eigenvalue weighted by atomic mass is 10.3. The molecule has 0 saturated carbocycles. The standard InChI is InChI=1S/C13H17N2S2.CH4O/c1-12-13(17-11-14-12)5-9-16-10-8-15-6-3-2-4-7-15;1-2/h2-4,6-7,11H,5,8-10H2,1H3;2H,1H3/q+1;. The third-order valence-electron chi connectivity index (χ3n) is 2.59. The second-order valence-corrected chi connectivity index (χ2v) is 6.00. The van der Waals surface area contributed by atoms with Gasteiger partial charge in [0.05, 0.1) is 17.0 Å². The largest absolute Gasteiger partial charge is 0.400 e. The minimum Gasteiger partial charge on any atom is -0.400 e. The maximum Gasteiger partial charge on any atom is 0.168 e. The van der Waals surface area contributed by atoms with E-state index in [9.17, 15) is 0 Å². The number of rotatable bonds is 6. The summed E-state index contributed by atoms with van der Waals surface area (Å²) in [6.45, 7) is 3.18. The molecule has 2 aromatic heterocycles. The molecular formula is C14H21N2OS2+. The van der Waals surface area contributed by atoms with E-state index in [1.807, 2.05) is 17.3 Å². The lowest BCUT2D eigenvalue weighted by Gasteiger charge is -1.99. The van der Waals surface area contributed by atoms with Crippen LogP contribution < -0.4 is 4.57 Å². The fourth-order valence-electron chi connectivity index (χ4n) is 1.59. The molecule has 2 aromatic rings. The van der Waals surface area contributed by atoms with E-state index in [1.165, 1.54) is 22.1 Å². The van der Waals surface area contributed by atoms with Gasteiger partial charge in [-0.15, -0.1) is 11.3 Å². The molecule has 0 spiro atoms. The second-order valence-electron chi connectivity index (χ2n) is 3.84. The Kier molecular flexibility index (Phi) is 8.45. The molecule has 3 nitrogen and oxygen atoms in total. The van der Waals surface area contributed by atoms with Crippen LogP contribution in [0.4, 0.5) is 0 Å². The quantitative estimate of drug-likeness (QED) is 0.657. The van der Waals surface area contributed by atoms with Crippen molar-refractivity contribution in [2.24, 2.45) is 0 Å². The van der Waals surface area contributed by atoms with Crippen molar-refractivity contribution in [3.05, 3.63) is 46.7 Å². The molecule has 19 heavy (non-hydrogen) atoms. The van der Waals surface area contributed by atoms with Crippen LogP contribution in [0.15, 0.2) is 36.1 Å². The highest BCUT2D eigenvalue weighted by Crippen LogP contribution is 2.15. The third-order valence-corrected chi connectivity index (χ3v) is 4.55. The summed E-state index contributed by atoms with van der Waals surface area (Å²) in [7, 11) is 1.00. The number of hydrogen-bond donors (Lipinski definition) is 1. The highest BCUT2D eigenvalue weighted by molar-refractivity contribution is 7.99. The van der Waals surface area contributed by atoms with Gasteiger partial charge < -0.3 is 5.11 Å². The summed E-state index contributed by atoms with van der Waals surface area (Å²) < 4.78 is 2.23. The number of pyridine rings is 1. The van der Waals surface area contributed by atoms with Crippen LogP contribution >= 0.6 is 23.1 Å². The zero-order valence-electron chi connectivity index (χ0n) is 11.5. The number of thiazole rings is 1. The number of aliphatic hydroxyl groups excluding tert-OH is 1. The Morgan fingerprint density at radius 3 is 2.58 bits per heavy atom. The van der Waals surface area contributed by atoms with Gasteiger partial charge in [0.15, 0.2) is 18.9 Å². The molecule has 1 N–H and O–H groups in total. The van der Waals surface area contributed by atoms with E-state index in [2.05, 4.69) is 47.1 Å². The van der Waals surface area contributed by atoms with E-state index < -0.39 is 0 Å². The first-order chi connectivity index (χ1) is 9.36. The van der Waals surface area contributed by atoms with Crippen molar-refractivity contribution in [3.8, 4) is 0 Å². The van der Waals surface area contributed by atoms with Gasteiger partial charge in [-0.05, 0) is 19.1 Å². The molecule has 0 aliphatic heterocycles. The van der Waals surface area contributed by atoms with Crippen LogP contribution in [0.2, 0.25) is 0 Å². The van der Waals surface area contributed by atoms with Crippen LogP contribution in [-0.2, 0) is 13.0 Å². The SMILES string of the molecule is CO.Cc1ncsc1CCSCC[n+]1ccccc1. The second kappa shape index (κ2) is 9.95. The predicted molar refractivity (Wildman–Crippen MR) is 82.7 cm³/mol. The minimum atomic E-state index is 1.00. The molecular weight excluding hydrogens is 276 g/mol. The molecule has 2 rings (SSSR count). The molecule has 0 bridgehead atoms. The molecule has 0 fully saturated rings. The van der Waals surface area contributed by atoms with Crippen LogP contribution in [0.1, 0.15) is 10.6 Å². The number of nitrogens with zero attached hydrogens (tertiary/aromatic N) is 2. The summed E-state index contributed by atoms with van der Waals surface area (Å²) in [5.74, 6) is 2.36. The Labute approximate surface area is 123 Å². The van der Waals surface area contributed by atoms with Gasteiger partial charge in [0.2, 0.25) is 0 Å². The molecule has 0 aliphatic carbocycles. The zero-order valence-corrected chi connectivity index (χ0v) is 13.1. The van der Waals surface area contributed by atoms with E-state index >= 15 is 0 Å². The van der Waals surface area contributed by atoms with Crippen LogP contribution in [0.25, 0.3) is 0 Å². The van der Waals surface area contributed by atoms with E-state index in [0.29, 0.717) is 0 Å². The highest BCUT2D eigenvalue weighted by atomic mass is 32.2. The van der Waals surface area contributed by atoms with Crippen molar-refractivity contribution in [3.63, 3.8) is 0 Å². The number of hydrogen-bond acceptors (Lipinski definition) is 4. The number of aliphatic hydroxyl groups is 1. The van der Waals surface area contributed by atoms with Crippen molar-refractivity contribution < 1.29 is 9.67 Å². The van der Waals surface area contributed by atoms with Gasteiger partial charge >= 0.3 is 0 Å². The molecule has 0 saturated heterocycles. The summed E-state index contributed by atoms with van der Waals surface area (Å²) in [4.78, 5) is 5.70. The maximum atomic E-state index is 7.00. The fraction of sp³-hybridized carbons (Fsp3) is 0.429. The average molecular weight is 297 g/mol. The summed E-state index contributed by atoms with van der Waals surface area (Å²) in [5.41, 5.74) is 3.14. The summed E-state index contributed by atoms with van der Waals surface area (Å²) in [5, 5.41) is 7.00. The van der Waals surface area contributed by atoms with E-state index in [-0.39, 0.29) is 0 Å². The molecule has 0 atom stereocenters. The first-order valence-electron chi connectivity index (χ1n) is 6.22. The number of thioether (sulfide) groups is 1. The maximum absolute atomic E-state index is 7.00. The highest BCUT2D eigenvalue weighted by Gasteiger charge is 2.02. The van der Waals surface area contributed by atoms with Crippen molar-refractivity contribution >= 4 is 23.1 Å². The van der Waals surface area contributed by atoms with Crippen LogP contribution in [0.5, 0.6) is 0 Å². The predicted octanol–water partition coefficient (Wildman–Crippen LogP) is 2.32. The summed E-state index contributed by atoms with van der Waals surface area (Å²) >= 11 is 3.79. The van der Waals surface area contributed by atoms with Gasteiger partial charge in [-0.3, -0.25) is 0 Å². The van der Waals surface area contributed by atoms with Gasteiger partial charge in [-0.2, -0.15) is 11.8 Å². The Hall–Kier alpha value is -0.910. The lowest BCUT2D eigenvalue weighted by molar-refractivity contribution is -0.692. The lowest BCUT2D eigenvalue weighted by Crippen LogP contribution is -2.33. The van der Waals surface area contributed by atoms with Crippen molar-refractivity contribution in [2.45, 2.75) is 19.9 Å². The monoisotopic (exact) mass is 297 g/mol. The normalized spacial score (nSPS) is 9.84. The topological polar surface area (TPSA) is 37.0 Å². The van der Waals surface area contributed by atoms with E-state index in [4.69, 9.17) is 5.11 Å². The summed E-state index contributed by atoms with van der Waals surface area (Å²) in [6, 6.07) is 6.20. The van der Waals surface area contributed by atoms with Crippen LogP contribution in [0.3, 0.4) is 0 Å². The van der Waals surface area contributed by atoms with Gasteiger partial charge in [-0.1, -0.05) is 6.07 Å². The summed E-state index contributed by atoms with van der Waals surface area (Å²) in [6.07, 6.45) is 5.39. The van der Waals surface area contributed by atoms with Gasteiger partial charge in [0.25, 0.3) is 0 Å². The molecule has 0 aromatic carbocycles. The average Bonchev–Trinajstić information content (AvgIpc) is 2.87. The van der Waals surface area contributed by atoms with Gasteiger partial charge in [0.1, 0.15) is 0 Å².